The maximum atomic E-state index is 11.2. The van der Waals surface area contributed by atoms with Gasteiger partial charge in [0.1, 0.15) is 12.0 Å². The highest BCUT2D eigenvalue weighted by molar-refractivity contribution is 6.33. The summed E-state index contributed by atoms with van der Waals surface area (Å²) in [6.45, 7) is 0.271. The van der Waals surface area contributed by atoms with E-state index >= 15 is 0 Å². The third-order valence-electron chi connectivity index (χ3n) is 2.60. The van der Waals surface area contributed by atoms with Crippen LogP contribution in [0.1, 0.15) is 26.5 Å². The molecule has 0 atom stereocenters. The van der Waals surface area contributed by atoms with Crippen molar-refractivity contribution in [2.45, 2.75) is 6.54 Å². The minimum Gasteiger partial charge on any atom is -0.478 e. The molecule has 0 fully saturated rings. The molecule has 0 aliphatic rings. The van der Waals surface area contributed by atoms with Crippen LogP contribution in [0.4, 0.5) is 5.69 Å². The Hall–Kier alpha value is -2.47. The maximum Gasteiger partial charge on any atom is 0.338 e. The van der Waals surface area contributed by atoms with Gasteiger partial charge >= 0.3 is 5.97 Å². The highest BCUT2D eigenvalue weighted by Crippen LogP contribution is 2.21. The molecular formula is C13H11ClN2O4. The standard InChI is InChI=1S/C13H11ClN2O4/c14-11-2-1-8(4-10(11)12(15)17)16-5-9-3-7(6-20-9)13(18)19/h1-4,6,16H,5H2,(H2,15,17)(H,18,19). The Balaban J connectivity index is 2.08. The van der Waals surface area contributed by atoms with Gasteiger partial charge in [0.15, 0.2) is 0 Å². The first-order valence-corrected chi connectivity index (χ1v) is 5.99. The molecule has 4 N–H and O–H groups in total. The van der Waals surface area contributed by atoms with Crippen molar-refractivity contribution < 1.29 is 19.1 Å². The molecule has 1 amide bonds. The van der Waals surface area contributed by atoms with Crippen molar-refractivity contribution in [1.29, 1.82) is 0 Å². The number of halogens is 1. The van der Waals surface area contributed by atoms with Crippen molar-refractivity contribution >= 4 is 29.2 Å². The second kappa shape index (κ2) is 5.66. The van der Waals surface area contributed by atoms with Crippen LogP contribution in [-0.4, -0.2) is 17.0 Å². The van der Waals surface area contributed by atoms with E-state index in [0.717, 1.165) is 6.26 Å². The fourth-order valence-electron chi connectivity index (χ4n) is 1.60. The lowest BCUT2D eigenvalue weighted by Gasteiger charge is -2.07. The van der Waals surface area contributed by atoms with Crippen LogP contribution in [0.3, 0.4) is 0 Å². The summed E-state index contributed by atoms with van der Waals surface area (Å²) < 4.78 is 5.09. The number of nitrogens with two attached hydrogens (primary N) is 1. The van der Waals surface area contributed by atoms with Gasteiger partial charge in [0.05, 0.1) is 22.7 Å². The number of nitrogens with one attached hydrogen (secondary N) is 1. The molecule has 1 heterocycles. The molecule has 0 spiro atoms. The number of primary amides is 1. The summed E-state index contributed by atoms with van der Waals surface area (Å²) in [5, 5.41) is 12.0. The molecule has 1 aromatic heterocycles. The number of carboxylic acid groups (broad SMARTS) is 1. The van der Waals surface area contributed by atoms with Crippen LogP contribution in [0.15, 0.2) is 34.9 Å². The van der Waals surface area contributed by atoms with E-state index in [-0.39, 0.29) is 22.7 Å². The van der Waals surface area contributed by atoms with Crippen molar-refractivity contribution in [3.8, 4) is 0 Å². The molecule has 2 aromatic rings. The molecule has 1 aromatic carbocycles. The predicted octanol–water partition coefficient (Wildman–Crippen LogP) is 2.34. The van der Waals surface area contributed by atoms with Crippen LogP contribution in [0.2, 0.25) is 5.02 Å². The van der Waals surface area contributed by atoms with Crippen LogP contribution in [-0.2, 0) is 6.54 Å². The van der Waals surface area contributed by atoms with Crippen LogP contribution >= 0.6 is 11.6 Å². The maximum absolute atomic E-state index is 11.2. The van der Waals surface area contributed by atoms with Gasteiger partial charge < -0.3 is 20.6 Å². The SMILES string of the molecule is NC(=O)c1cc(NCc2cc(C(=O)O)co2)ccc1Cl. The van der Waals surface area contributed by atoms with E-state index in [0.29, 0.717) is 11.4 Å². The summed E-state index contributed by atoms with van der Waals surface area (Å²) in [7, 11) is 0. The quantitative estimate of drug-likeness (QED) is 0.785. The van der Waals surface area contributed by atoms with Gasteiger partial charge in [-0.2, -0.15) is 0 Å². The first kappa shape index (κ1) is 14.0. The molecule has 0 saturated carbocycles. The molecule has 0 aliphatic heterocycles. The topological polar surface area (TPSA) is 106 Å². The van der Waals surface area contributed by atoms with Gasteiger partial charge in [-0.3, -0.25) is 4.79 Å². The second-order valence-electron chi connectivity index (χ2n) is 4.02. The third kappa shape index (κ3) is 3.10. The number of aromatic carboxylic acids is 1. The lowest BCUT2D eigenvalue weighted by atomic mass is 10.2. The number of benzene rings is 1. The lowest BCUT2D eigenvalue weighted by molar-refractivity contribution is 0.0696. The molecular weight excluding hydrogens is 284 g/mol. The van der Waals surface area contributed by atoms with Gasteiger partial charge in [-0.05, 0) is 24.3 Å². The van der Waals surface area contributed by atoms with E-state index in [4.69, 9.17) is 26.9 Å². The number of hydrogen-bond donors (Lipinski definition) is 3. The van der Waals surface area contributed by atoms with E-state index in [1.54, 1.807) is 12.1 Å². The fourth-order valence-corrected chi connectivity index (χ4v) is 1.81. The van der Waals surface area contributed by atoms with Crippen molar-refractivity contribution in [3.05, 3.63) is 52.4 Å². The molecule has 0 bridgehead atoms. The molecule has 7 heteroatoms. The second-order valence-corrected chi connectivity index (χ2v) is 4.43. The normalized spacial score (nSPS) is 10.2. The van der Waals surface area contributed by atoms with Crippen LogP contribution in [0, 0.1) is 0 Å². The molecule has 0 radical (unpaired) electrons. The number of carbonyl (C=O) groups excluding carboxylic acids is 1. The van der Waals surface area contributed by atoms with Crippen LogP contribution < -0.4 is 11.1 Å². The summed E-state index contributed by atoms with van der Waals surface area (Å²) in [6.07, 6.45) is 1.16. The Morgan fingerprint density at radius 3 is 2.70 bits per heavy atom. The van der Waals surface area contributed by atoms with Crippen molar-refractivity contribution in [2.24, 2.45) is 5.73 Å². The van der Waals surface area contributed by atoms with Gasteiger partial charge in [0, 0.05) is 5.69 Å². The third-order valence-corrected chi connectivity index (χ3v) is 2.93. The van der Waals surface area contributed by atoms with E-state index in [9.17, 15) is 9.59 Å². The molecule has 0 unspecified atom stereocenters. The van der Waals surface area contributed by atoms with E-state index < -0.39 is 11.9 Å². The smallest absolute Gasteiger partial charge is 0.338 e. The average molecular weight is 295 g/mol. The first-order chi connectivity index (χ1) is 9.47. The summed E-state index contributed by atoms with van der Waals surface area (Å²) in [4.78, 5) is 21.9. The minimum absolute atomic E-state index is 0.0794. The Labute approximate surface area is 119 Å². The Morgan fingerprint density at radius 1 is 1.35 bits per heavy atom. The van der Waals surface area contributed by atoms with Crippen molar-refractivity contribution in [3.63, 3.8) is 0 Å². The van der Waals surface area contributed by atoms with Crippen LogP contribution in [0.5, 0.6) is 0 Å². The molecule has 104 valence electrons. The number of rotatable bonds is 5. The summed E-state index contributed by atoms with van der Waals surface area (Å²) in [6, 6.07) is 6.16. The van der Waals surface area contributed by atoms with Crippen molar-refractivity contribution in [2.75, 3.05) is 5.32 Å². The number of carbonyl (C=O) groups is 2. The number of hydrogen-bond acceptors (Lipinski definition) is 4. The summed E-state index contributed by atoms with van der Waals surface area (Å²) in [5.74, 6) is -1.22. The zero-order valence-corrected chi connectivity index (χ0v) is 11.0. The molecule has 2 rings (SSSR count). The molecule has 6 nitrogen and oxygen atoms in total. The monoisotopic (exact) mass is 294 g/mol. The van der Waals surface area contributed by atoms with E-state index in [2.05, 4.69) is 5.32 Å². The Morgan fingerprint density at radius 2 is 2.10 bits per heavy atom. The van der Waals surface area contributed by atoms with E-state index in [1.165, 1.54) is 12.1 Å². The van der Waals surface area contributed by atoms with Gasteiger partial charge in [-0.15, -0.1) is 0 Å². The van der Waals surface area contributed by atoms with Gasteiger partial charge in [-0.25, -0.2) is 4.79 Å². The number of furan rings is 1. The fraction of sp³-hybridized carbons (Fsp3) is 0.0769. The highest BCUT2D eigenvalue weighted by atomic mass is 35.5. The van der Waals surface area contributed by atoms with Gasteiger partial charge in [-0.1, -0.05) is 11.6 Å². The lowest BCUT2D eigenvalue weighted by Crippen LogP contribution is -2.12. The van der Waals surface area contributed by atoms with Gasteiger partial charge in [0.25, 0.3) is 0 Å². The molecule has 0 saturated heterocycles. The number of anilines is 1. The molecule has 20 heavy (non-hydrogen) atoms. The Bertz CT molecular complexity index is 666. The minimum atomic E-state index is -1.05. The summed E-state index contributed by atoms with van der Waals surface area (Å²) in [5.41, 5.74) is 6.10. The summed E-state index contributed by atoms with van der Waals surface area (Å²) >= 11 is 5.83. The van der Waals surface area contributed by atoms with Crippen LogP contribution in [0.25, 0.3) is 0 Å². The first-order valence-electron chi connectivity index (χ1n) is 5.61. The largest absolute Gasteiger partial charge is 0.478 e. The van der Waals surface area contributed by atoms with E-state index in [1.807, 2.05) is 0 Å². The zero-order chi connectivity index (χ0) is 14.7. The predicted molar refractivity (Wildman–Crippen MR) is 73.0 cm³/mol. The van der Waals surface area contributed by atoms with Gasteiger partial charge in [0.2, 0.25) is 5.91 Å². The zero-order valence-electron chi connectivity index (χ0n) is 10.2. The molecule has 0 aliphatic carbocycles. The Kier molecular flexibility index (Phi) is 3.95. The average Bonchev–Trinajstić information content (AvgIpc) is 2.86. The van der Waals surface area contributed by atoms with Crippen molar-refractivity contribution in [1.82, 2.24) is 0 Å². The highest BCUT2D eigenvalue weighted by Gasteiger charge is 2.10. The number of carboxylic acids is 1. The number of amides is 1.